The third kappa shape index (κ3) is 4.43. The summed E-state index contributed by atoms with van der Waals surface area (Å²) in [5.41, 5.74) is 0.825. The van der Waals surface area contributed by atoms with Crippen molar-refractivity contribution in [3.05, 3.63) is 52.2 Å². The number of hydrazone groups is 1. The molecule has 1 aromatic carbocycles. The molecule has 8 nitrogen and oxygen atoms in total. The summed E-state index contributed by atoms with van der Waals surface area (Å²) in [6, 6.07) is 11.0. The van der Waals surface area contributed by atoms with Crippen LogP contribution in [0.5, 0.6) is 0 Å². The third-order valence-electron chi connectivity index (χ3n) is 4.30. The number of furan rings is 1. The first kappa shape index (κ1) is 21.7. The number of fused-ring (bicyclic) bond motifs is 1. The van der Waals surface area contributed by atoms with Gasteiger partial charge < -0.3 is 4.42 Å². The highest BCUT2D eigenvalue weighted by atomic mass is 79.9. The summed E-state index contributed by atoms with van der Waals surface area (Å²) in [6.45, 7) is 3.59. The van der Waals surface area contributed by atoms with Crippen LogP contribution in [0.4, 0.5) is 0 Å². The van der Waals surface area contributed by atoms with E-state index in [1.807, 2.05) is 24.3 Å². The number of aliphatic imine (C=N–C) groups is 1. The molecule has 1 N–H and O–H groups in total. The molecule has 31 heavy (non-hydrogen) atoms. The van der Waals surface area contributed by atoms with Crippen molar-refractivity contribution < 1.29 is 17.6 Å². The van der Waals surface area contributed by atoms with Gasteiger partial charge in [-0.3, -0.25) is 10.2 Å². The van der Waals surface area contributed by atoms with E-state index in [0.717, 1.165) is 26.8 Å². The van der Waals surface area contributed by atoms with Crippen LogP contribution in [0.3, 0.4) is 0 Å². The van der Waals surface area contributed by atoms with E-state index in [0.29, 0.717) is 11.5 Å². The first-order valence-electron chi connectivity index (χ1n) is 9.23. The first-order chi connectivity index (χ1) is 14.6. The topological polar surface area (TPSA) is 116 Å². The van der Waals surface area contributed by atoms with Gasteiger partial charge in [0, 0.05) is 10.0 Å². The van der Waals surface area contributed by atoms with Crippen LogP contribution < -0.4 is 0 Å². The van der Waals surface area contributed by atoms with Gasteiger partial charge >= 0.3 is 0 Å². The van der Waals surface area contributed by atoms with E-state index < -0.39 is 15.7 Å². The number of amidine groups is 2. The summed E-state index contributed by atoms with van der Waals surface area (Å²) in [5, 5.41) is 13.6. The smallest absolute Gasteiger partial charge is 0.283 e. The molecule has 0 spiro atoms. The number of nitrogens with one attached hydrogen (secondary N) is 1. The Morgan fingerprint density at radius 1 is 1.23 bits per heavy atom. The Morgan fingerprint density at radius 2 is 1.94 bits per heavy atom. The van der Waals surface area contributed by atoms with Crippen molar-refractivity contribution in [2.45, 2.75) is 13.8 Å². The van der Waals surface area contributed by atoms with E-state index in [9.17, 15) is 13.2 Å². The second-order valence-electron chi connectivity index (χ2n) is 7.27. The van der Waals surface area contributed by atoms with Crippen molar-refractivity contribution in [1.29, 1.82) is 5.41 Å². The van der Waals surface area contributed by atoms with Gasteiger partial charge in [-0.2, -0.15) is 10.0 Å². The molecule has 160 valence electrons. The highest BCUT2D eigenvalue weighted by Gasteiger charge is 2.39. The Bertz CT molecular complexity index is 1270. The van der Waals surface area contributed by atoms with E-state index in [4.69, 9.17) is 9.83 Å². The number of carbonyl (C=O) groups is 1. The number of rotatable bonds is 4. The maximum absolute atomic E-state index is 12.5. The molecule has 0 radical (unpaired) electrons. The fourth-order valence-corrected chi connectivity index (χ4v) is 6.00. The van der Waals surface area contributed by atoms with Gasteiger partial charge in [0.05, 0.1) is 11.3 Å². The van der Waals surface area contributed by atoms with Crippen LogP contribution in [0.15, 0.2) is 61.0 Å². The third-order valence-corrected chi connectivity index (χ3v) is 8.26. The highest BCUT2D eigenvalue weighted by molar-refractivity contribution is 9.10. The molecule has 1 amide bonds. The van der Waals surface area contributed by atoms with Gasteiger partial charge in [-0.25, -0.2) is 8.42 Å². The number of hydrogen-bond donors (Lipinski definition) is 1. The summed E-state index contributed by atoms with van der Waals surface area (Å²) in [7, 11) is -3.62. The lowest BCUT2D eigenvalue weighted by Crippen LogP contribution is -2.35. The van der Waals surface area contributed by atoms with Crippen molar-refractivity contribution in [3.63, 3.8) is 0 Å². The number of carbonyl (C=O) groups excluding carboxylic acids is 1. The molecule has 2 aliphatic heterocycles. The van der Waals surface area contributed by atoms with Crippen molar-refractivity contribution in [1.82, 2.24) is 5.01 Å². The first-order valence-corrected chi connectivity index (χ1v) is 12.5. The van der Waals surface area contributed by atoms with E-state index in [1.54, 1.807) is 26.0 Å². The fourth-order valence-electron chi connectivity index (χ4n) is 2.95. The number of nitrogens with zero attached hydrogens (tertiary/aromatic N) is 3. The van der Waals surface area contributed by atoms with Gasteiger partial charge in [-0.1, -0.05) is 41.9 Å². The van der Waals surface area contributed by atoms with Crippen molar-refractivity contribution in [2.24, 2.45) is 16.0 Å². The van der Waals surface area contributed by atoms with Crippen LogP contribution in [0.2, 0.25) is 0 Å². The number of hydrogen-bond acceptors (Lipinski definition) is 7. The monoisotopic (exact) mass is 520 g/mol. The lowest BCUT2D eigenvalue weighted by Gasteiger charge is -2.19. The quantitative estimate of drug-likeness (QED) is 0.598. The minimum Gasteiger partial charge on any atom is -0.457 e. The van der Waals surface area contributed by atoms with Crippen molar-refractivity contribution in [3.8, 4) is 11.3 Å². The molecule has 3 heterocycles. The maximum atomic E-state index is 12.5. The number of halogens is 1. The summed E-state index contributed by atoms with van der Waals surface area (Å²) in [5.74, 6) is -0.0803. The minimum absolute atomic E-state index is 0.0349. The van der Waals surface area contributed by atoms with E-state index in [2.05, 4.69) is 26.0 Å². The summed E-state index contributed by atoms with van der Waals surface area (Å²) in [6.07, 6.45) is 1.41. The summed E-state index contributed by atoms with van der Waals surface area (Å²) in [4.78, 5) is 16.4. The zero-order chi connectivity index (χ0) is 22.3. The van der Waals surface area contributed by atoms with Gasteiger partial charge in [0.1, 0.15) is 11.5 Å². The predicted molar refractivity (Wildman–Crippen MR) is 125 cm³/mol. The SMILES string of the molecule is CC(C)CS(=O)(=O)C1=NN2C(=N)/C(=C/c3ccc(-c4ccc(Br)cc4)o3)C(=O)N=C2S1. The van der Waals surface area contributed by atoms with Gasteiger partial charge in [-0.05, 0) is 48.0 Å². The fraction of sp³-hybridized carbons (Fsp3) is 0.200. The second-order valence-corrected chi connectivity index (χ2v) is 11.3. The number of amides is 1. The number of thioether (sulfide) groups is 1. The lowest BCUT2D eigenvalue weighted by atomic mass is 10.1. The molecule has 2 aliphatic rings. The molecular formula is C20H17BrN4O4S2. The van der Waals surface area contributed by atoms with Crippen molar-refractivity contribution >= 4 is 64.9 Å². The standard InChI is InChI=1S/C20H17BrN4O4S2/c1-11(2)10-31(27,28)20-24-25-17(22)15(18(26)23-19(25)30-20)9-14-7-8-16(29-14)12-3-5-13(21)6-4-12/h3-9,11,22H,10H2,1-2H3/b15-9-,22-17?. The van der Waals surface area contributed by atoms with Crippen LogP contribution >= 0.6 is 27.7 Å². The van der Waals surface area contributed by atoms with Crippen LogP contribution in [-0.2, 0) is 14.6 Å². The normalized spacial score (nSPS) is 17.9. The zero-order valence-electron chi connectivity index (χ0n) is 16.5. The predicted octanol–water partition coefficient (Wildman–Crippen LogP) is 4.36. The number of sulfone groups is 1. The molecular weight excluding hydrogens is 504 g/mol. The van der Waals surface area contributed by atoms with Crippen LogP contribution in [0, 0.1) is 11.3 Å². The Kier molecular flexibility index (Phi) is 5.75. The molecule has 0 atom stereocenters. The highest BCUT2D eigenvalue weighted by Crippen LogP contribution is 2.31. The molecule has 0 fully saturated rings. The van der Waals surface area contributed by atoms with Crippen LogP contribution in [0.25, 0.3) is 17.4 Å². The molecule has 0 saturated heterocycles. The molecule has 1 aromatic heterocycles. The molecule has 2 aromatic rings. The average Bonchev–Trinajstić information content (AvgIpc) is 3.32. The summed E-state index contributed by atoms with van der Waals surface area (Å²) >= 11 is 4.17. The Morgan fingerprint density at radius 3 is 2.61 bits per heavy atom. The van der Waals surface area contributed by atoms with Crippen molar-refractivity contribution in [2.75, 3.05) is 5.75 Å². The van der Waals surface area contributed by atoms with Gasteiger partial charge in [0.2, 0.25) is 19.4 Å². The minimum atomic E-state index is -3.62. The molecule has 0 aliphatic carbocycles. The van der Waals surface area contributed by atoms with E-state index in [1.165, 1.54) is 6.08 Å². The van der Waals surface area contributed by atoms with Gasteiger partial charge in [-0.15, -0.1) is 5.10 Å². The Labute approximate surface area is 191 Å². The van der Waals surface area contributed by atoms with Gasteiger partial charge in [0.25, 0.3) is 5.91 Å². The maximum Gasteiger partial charge on any atom is 0.283 e. The lowest BCUT2D eigenvalue weighted by molar-refractivity contribution is -0.114. The van der Waals surface area contributed by atoms with Crippen LogP contribution in [0.1, 0.15) is 19.6 Å². The van der Waals surface area contributed by atoms with Gasteiger partial charge in [0.15, 0.2) is 5.84 Å². The summed E-state index contributed by atoms with van der Waals surface area (Å²) < 4.78 is 31.5. The zero-order valence-corrected chi connectivity index (χ0v) is 19.7. The van der Waals surface area contributed by atoms with Crippen LogP contribution in [-0.4, -0.2) is 40.5 Å². The molecule has 11 heteroatoms. The van der Waals surface area contributed by atoms with E-state index in [-0.39, 0.29) is 32.6 Å². The molecule has 0 unspecified atom stereocenters. The molecule has 0 bridgehead atoms. The largest absolute Gasteiger partial charge is 0.457 e. The average molecular weight is 521 g/mol. The second kappa shape index (κ2) is 8.21. The number of benzene rings is 1. The Balaban J connectivity index is 1.62. The Hall–Kier alpha value is -2.50. The molecule has 4 rings (SSSR count). The van der Waals surface area contributed by atoms with E-state index >= 15 is 0 Å². The molecule has 0 saturated carbocycles.